The number of unbranched alkanes of at least 4 members (excludes halogenated alkanes) is 3. The average molecular weight is 436 g/mol. The second-order valence-electron chi connectivity index (χ2n) is 7.75. The summed E-state index contributed by atoms with van der Waals surface area (Å²) < 4.78 is 10.5. The molecule has 0 spiro atoms. The van der Waals surface area contributed by atoms with Crippen molar-refractivity contribution in [3.05, 3.63) is 41.6 Å². The van der Waals surface area contributed by atoms with Crippen LogP contribution in [-0.2, 0) is 14.3 Å². The molecule has 5 nitrogen and oxygen atoms in total. The Morgan fingerprint density at radius 2 is 1.97 bits per heavy atom. The van der Waals surface area contributed by atoms with Crippen LogP contribution >= 0.6 is 11.6 Å². The van der Waals surface area contributed by atoms with Gasteiger partial charge < -0.3 is 14.4 Å². The number of carbonyl (C=O) groups is 2. The zero-order valence-corrected chi connectivity index (χ0v) is 19.1. The highest BCUT2D eigenvalue weighted by Crippen LogP contribution is 2.35. The van der Waals surface area contributed by atoms with E-state index in [9.17, 15) is 9.59 Å². The van der Waals surface area contributed by atoms with Crippen LogP contribution in [0.4, 0.5) is 0 Å². The molecule has 0 amide bonds. The standard InChI is InChI=1S/C24H34ClNO4/c1-4-5-6-7-8-20-15-22(27)16-21(17-24(28)30-14-13-25)26(20)18(2)19-9-11-23(29-3)12-10-19/h9-12,16,18,20H,4-8,13-15,17H2,1-3H3/t18-,20-/m1/s1. The number of ketones is 1. The van der Waals surface area contributed by atoms with Crippen molar-refractivity contribution in [3.8, 4) is 5.75 Å². The van der Waals surface area contributed by atoms with E-state index in [0.29, 0.717) is 6.42 Å². The van der Waals surface area contributed by atoms with Crippen LogP contribution in [0.25, 0.3) is 0 Å². The minimum Gasteiger partial charge on any atom is -0.497 e. The van der Waals surface area contributed by atoms with Crippen molar-refractivity contribution in [2.45, 2.75) is 70.9 Å². The molecule has 166 valence electrons. The molecule has 1 heterocycles. The normalized spacial score (nSPS) is 17.5. The maximum absolute atomic E-state index is 12.5. The van der Waals surface area contributed by atoms with Gasteiger partial charge in [0.2, 0.25) is 0 Å². The first-order chi connectivity index (χ1) is 14.5. The number of allylic oxidation sites excluding steroid dienone is 1. The molecule has 6 heteroatoms. The van der Waals surface area contributed by atoms with Gasteiger partial charge >= 0.3 is 5.97 Å². The molecule has 2 atom stereocenters. The van der Waals surface area contributed by atoms with Crippen LogP contribution < -0.4 is 4.74 Å². The highest BCUT2D eigenvalue weighted by Gasteiger charge is 2.33. The van der Waals surface area contributed by atoms with E-state index >= 15 is 0 Å². The summed E-state index contributed by atoms with van der Waals surface area (Å²) in [5, 5.41) is 0. The number of ether oxygens (including phenoxy) is 2. The van der Waals surface area contributed by atoms with Crippen LogP contribution in [0, 0.1) is 0 Å². The fourth-order valence-electron chi connectivity index (χ4n) is 4.03. The first-order valence-electron chi connectivity index (χ1n) is 10.9. The van der Waals surface area contributed by atoms with E-state index in [1.165, 1.54) is 12.8 Å². The highest BCUT2D eigenvalue weighted by molar-refractivity contribution is 6.18. The van der Waals surface area contributed by atoms with Gasteiger partial charge in [-0.1, -0.05) is 44.7 Å². The number of esters is 1. The molecule has 30 heavy (non-hydrogen) atoms. The number of hydrogen-bond acceptors (Lipinski definition) is 5. The number of benzene rings is 1. The molecule has 0 aliphatic carbocycles. The predicted molar refractivity (Wildman–Crippen MR) is 120 cm³/mol. The molecule has 0 unspecified atom stereocenters. The Morgan fingerprint density at radius 3 is 2.60 bits per heavy atom. The third-order valence-electron chi connectivity index (χ3n) is 5.56. The summed E-state index contributed by atoms with van der Waals surface area (Å²) >= 11 is 5.63. The number of halogens is 1. The maximum atomic E-state index is 12.5. The summed E-state index contributed by atoms with van der Waals surface area (Å²) in [6.45, 7) is 4.49. The van der Waals surface area contributed by atoms with Crippen LogP contribution in [0.1, 0.15) is 70.4 Å². The maximum Gasteiger partial charge on any atom is 0.311 e. The largest absolute Gasteiger partial charge is 0.497 e. The minimum atomic E-state index is -0.353. The van der Waals surface area contributed by atoms with Crippen molar-refractivity contribution in [1.29, 1.82) is 0 Å². The van der Waals surface area contributed by atoms with Crippen LogP contribution in [0.5, 0.6) is 5.75 Å². The summed E-state index contributed by atoms with van der Waals surface area (Å²) in [6.07, 6.45) is 7.70. The van der Waals surface area contributed by atoms with Crippen molar-refractivity contribution in [2.75, 3.05) is 19.6 Å². The van der Waals surface area contributed by atoms with Gasteiger partial charge in [0.25, 0.3) is 0 Å². The van der Waals surface area contributed by atoms with Crippen molar-refractivity contribution < 1.29 is 19.1 Å². The molecule has 0 fully saturated rings. The van der Waals surface area contributed by atoms with Crippen LogP contribution in [-0.4, -0.2) is 42.3 Å². The van der Waals surface area contributed by atoms with Gasteiger partial charge in [-0.15, -0.1) is 11.6 Å². The SMILES string of the molecule is CCCCCC[C@@H]1CC(=O)C=C(CC(=O)OCCCl)N1[C@H](C)c1ccc(OC)cc1. The van der Waals surface area contributed by atoms with Gasteiger partial charge in [0.15, 0.2) is 5.78 Å². The third-order valence-corrected chi connectivity index (χ3v) is 5.72. The van der Waals surface area contributed by atoms with Crippen molar-refractivity contribution in [2.24, 2.45) is 0 Å². The first-order valence-corrected chi connectivity index (χ1v) is 11.4. The molecular weight excluding hydrogens is 402 g/mol. The van der Waals surface area contributed by atoms with E-state index in [1.54, 1.807) is 13.2 Å². The molecule has 1 aromatic rings. The van der Waals surface area contributed by atoms with Gasteiger partial charge in [0.1, 0.15) is 12.4 Å². The summed E-state index contributed by atoms with van der Waals surface area (Å²) in [7, 11) is 1.65. The lowest BCUT2D eigenvalue weighted by Gasteiger charge is -2.42. The second kappa shape index (κ2) is 12.6. The van der Waals surface area contributed by atoms with Gasteiger partial charge in [-0.05, 0) is 31.0 Å². The monoisotopic (exact) mass is 435 g/mol. The molecule has 0 saturated heterocycles. The summed E-state index contributed by atoms with van der Waals surface area (Å²) in [6, 6.07) is 8.05. The second-order valence-corrected chi connectivity index (χ2v) is 8.13. The Morgan fingerprint density at radius 1 is 1.23 bits per heavy atom. The Hall–Kier alpha value is -2.01. The molecule has 1 aromatic carbocycles. The minimum absolute atomic E-state index is 0.0206. The quantitative estimate of drug-likeness (QED) is 0.249. The molecule has 0 saturated carbocycles. The van der Waals surface area contributed by atoms with Gasteiger partial charge in [-0.25, -0.2) is 0 Å². The molecule has 2 rings (SSSR count). The van der Waals surface area contributed by atoms with Gasteiger partial charge in [-0.2, -0.15) is 0 Å². The fourth-order valence-corrected chi connectivity index (χ4v) is 4.11. The smallest absolute Gasteiger partial charge is 0.311 e. The zero-order valence-electron chi connectivity index (χ0n) is 18.4. The number of nitrogens with zero attached hydrogens (tertiary/aromatic N) is 1. The van der Waals surface area contributed by atoms with E-state index < -0.39 is 0 Å². The van der Waals surface area contributed by atoms with Crippen molar-refractivity contribution in [3.63, 3.8) is 0 Å². The van der Waals surface area contributed by atoms with E-state index in [1.807, 2.05) is 24.3 Å². The molecule has 0 aromatic heterocycles. The van der Waals surface area contributed by atoms with E-state index in [0.717, 1.165) is 36.3 Å². The molecule has 0 N–H and O–H groups in total. The predicted octanol–water partition coefficient (Wildman–Crippen LogP) is 5.43. The average Bonchev–Trinajstić information content (AvgIpc) is 2.74. The summed E-state index contributed by atoms with van der Waals surface area (Å²) in [5.74, 6) is 0.786. The zero-order chi connectivity index (χ0) is 21.9. The first kappa shape index (κ1) is 24.3. The Balaban J connectivity index is 2.25. The molecule has 1 aliphatic rings. The molecular formula is C24H34ClNO4. The summed E-state index contributed by atoms with van der Waals surface area (Å²) in [4.78, 5) is 27.0. The lowest BCUT2D eigenvalue weighted by atomic mass is 9.92. The topological polar surface area (TPSA) is 55.8 Å². The van der Waals surface area contributed by atoms with Gasteiger partial charge in [-0.3, -0.25) is 9.59 Å². The van der Waals surface area contributed by atoms with Crippen LogP contribution in [0.3, 0.4) is 0 Å². The van der Waals surface area contributed by atoms with Gasteiger partial charge in [0.05, 0.1) is 25.5 Å². The number of rotatable bonds is 12. The molecule has 0 radical (unpaired) electrons. The molecule has 0 bridgehead atoms. The number of hydrogen-bond donors (Lipinski definition) is 0. The Bertz CT molecular complexity index is 716. The van der Waals surface area contributed by atoms with Crippen molar-refractivity contribution >= 4 is 23.4 Å². The summed E-state index contributed by atoms with van der Waals surface area (Å²) in [5.41, 5.74) is 1.85. The lowest BCUT2D eigenvalue weighted by Crippen LogP contribution is -2.42. The van der Waals surface area contributed by atoms with Crippen molar-refractivity contribution in [1.82, 2.24) is 4.90 Å². The van der Waals surface area contributed by atoms with Gasteiger partial charge in [0, 0.05) is 24.2 Å². The van der Waals surface area contributed by atoms with E-state index in [4.69, 9.17) is 21.1 Å². The molecule has 1 aliphatic heterocycles. The number of carbonyl (C=O) groups excluding carboxylic acids is 2. The third kappa shape index (κ3) is 7.05. The highest BCUT2D eigenvalue weighted by atomic mass is 35.5. The fraction of sp³-hybridized carbons (Fsp3) is 0.583. The van der Waals surface area contributed by atoms with E-state index in [-0.39, 0.29) is 42.7 Å². The number of alkyl halides is 1. The Kier molecular flexibility index (Phi) is 10.2. The van der Waals surface area contributed by atoms with Crippen LogP contribution in [0.2, 0.25) is 0 Å². The Labute approximate surface area is 185 Å². The van der Waals surface area contributed by atoms with Crippen LogP contribution in [0.15, 0.2) is 36.0 Å². The lowest BCUT2D eigenvalue weighted by molar-refractivity contribution is -0.142. The van der Waals surface area contributed by atoms with E-state index in [2.05, 4.69) is 18.7 Å². The number of methoxy groups -OCH3 is 1.